The molecule has 0 nitrogen and oxygen atoms in total. The molecule has 206 valence electrons. The Kier molecular flexibility index (Phi) is 9.39. The van der Waals surface area contributed by atoms with Crippen LogP contribution in [0.2, 0.25) is 0 Å². The molecule has 0 heterocycles. The van der Waals surface area contributed by atoms with Crippen LogP contribution >= 0.6 is 0 Å². The highest BCUT2D eigenvalue weighted by Crippen LogP contribution is 2.36. The van der Waals surface area contributed by atoms with Gasteiger partial charge in [-0.3, -0.25) is 0 Å². The minimum atomic E-state index is 1.04. The van der Waals surface area contributed by atoms with Gasteiger partial charge in [0.1, 0.15) is 0 Å². The lowest BCUT2D eigenvalue weighted by molar-refractivity contribution is 0.947. The summed E-state index contributed by atoms with van der Waals surface area (Å²) in [6, 6.07) is 0. The van der Waals surface area contributed by atoms with Gasteiger partial charge in [0.2, 0.25) is 0 Å². The summed E-state index contributed by atoms with van der Waals surface area (Å²) in [5.41, 5.74) is 27.5. The summed E-state index contributed by atoms with van der Waals surface area (Å²) in [6.07, 6.45) is 6.53. The van der Waals surface area contributed by atoms with Gasteiger partial charge in [-0.2, -0.15) is 0 Å². The van der Waals surface area contributed by atoms with Crippen LogP contribution in [0, 0.1) is 69.2 Å². The molecule has 0 aliphatic heterocycles. The van der Waals surface area contributed by atoms with Gasteiger partial charge in [-0.1, -0.05) is 27.7 Å². The van der Waals surface area contributed by atoms with Gasteiger partial charge in [-0.25, -0.2) is 0 Å². The van der Waals surface area contributed by atoms with Crippen molar-refractivity contribution in [3.05, 3.63) is 100 Å². The molecule has 0 N–H and O–H groups in total. The number of hydrogen-bond donors (Lipinski definition) is 0. The van der Waals surface area contributed by atoms with Crippen LogP contribution in [0.3, 0.4) is 0 Å². The van der Waals surface area contributed by atoms with Crippen molar-refractivity contribution < 1.29 is 0 Å². The molecular formula is C38H54. The normalized spacial score (nSPS) is 11.5. The lowest BCUT2D eigenvalue weighted by atomic mass is 9.78. The lowest BCUT2D eigenvalue weighted by Gasteiger charge is -2.26. The van der Waals surface area contributed by atoms with E-state index in [4.69, 9.17) is 0 Å². The minimum absolute atomic E-state index is 1.04. The Morgan fingerprint density at radius 3 is 0.579 bits per heavy atom. The molecule has 38 heavy (non-hydrogen) atoms. The molecule has 0 saturated carbocycles. The molecule has 0 fully saturated rings. The summed E-state index contributed by atoms with van der Waals surface area (Å²) in [7, 11) is 0. The Hall–Kier alpha value is -2.34. The molecule has 0 bridgehead atoms. The van der Waals surface area contributed by atoms with E-state index in [0.29, 0.717) is 0 Å². The molecule has 0 spiro atoms. The van der Waals surface area contributed by atoms with Crippen LogP contribution in [0.4, 0.5) is 0 Å². The summed E-state index contributed by atoms with van der Waals surface area (Å²) in [4.78, 5) is 0. The first-order valence-electron chi connectivity index (χ1n) is 15.2. The first kappa shape index (κ1) is 30.2. The quantitative estimate of drug-likeness (QED) is 0.283. The van der Waals surface area contributed by atoms with Crippen molar-refractivity contribution in [1.29, 1.82) is 0 Å². The summed E-state index contributed by atoms with van der Waals surface area (Å²) < 4.78 is 0. The molecule has 0 heteroatoms. The topological polar surface area (TPSA) is 0 Å². The number of rotatable bonds is 8. The van der Waals surface area contributed by atoms with Gasteiger partial charge in [0.05, 0.1) is 0 Å². The molecule has 0 amide bonds. The molecule has 3 aromatic rings. The molecule has 0 aliphatic rings. The van der Waals surface area contributed by atoms with Crippen molar-refractivity contribution >= 4 is 0 Å². The van der Waals surface area contributed by atoms with E-state index < -0.39 is 0 Å². The Labute approximate surface area is 235 Å². The van der Waals surface area contributed by atoms with Crippen LogP contribution < -0.4 is 0 Å². The van der Waals surface area contributed by atoms with Crippen LogP contribution in [0.5, 0.6) is 0 Å². The third kappa shape index (κ3) is 4.89. The van der Waals surface area contributed by atoms with Gasteiger partial charge in [0.15, 0.2) is 0 Å². The highest BCUT2D eigenvalue weighted by molar-refractivity contribution is 5.59. The van der Waals surface area contributed by atoms with Crippen LogP contribution in [-0.4, -0.2) is 0 Å². The highest BCUT2D eigenvalue weighted by Gasteiger charge is 2.22. The van der Waals surface area contributed by atoms with E-state index in [1.54, 1.807) is 44.5 Å². The predicted molar refractivity (Wildman–Crippen MR) is 170 cm³/mol. The van der Waals surface area contributed by atoms with E-state index in [1.165, 1.54) is 55.6 Å². The Bertz CT molecular complexity index is 1180. The van der Waals surface area contributed by atoms with E-state index in [-0.39, 0.29) is 0 Å². The average molecular weight is 511 g/mol. The predicted octanol–water partition coefficient (Wildman–Crippen LogP) is 10.2. The standard InChI is InChI=1S/C38H54/c1-15-31-25(9)32(16-2)28(12)37(27(31)11)19-35-21(5)23(7)36(24(8)22(35)6)20-38-29(13)33(17-3)26(10)34(18-4)30(38)14/h15-20H2,1-14H3. The molecule has 0 atom stereocenters. The number of benzene rings is 3. The molecule has 0 aromatic heterocycles. The average Bonchev–Trinajstić information content (AvgIpc) is 2.88. The smallest absolute Gasteiger partial charge is 0.00149 e. The number of hydrogen-bond acceptors (Lipinski definition) is 0. The van der Waals surface area contributed by atoms with Crippen molar-refractivity contribution in [3.8, 4) is 0 Å². The second-order valence-electron chi connectivity index (χ2n) is 11.8. The molecule has 0 unspecified atom stereocenters. The van der Waals surface area contributed by atoms with Gasteiger partial charge in [0.25, 0.3) is 0 Å². The largest absolute Gasteiger partial charge is 0.0613 e. The second-order valence-corrected chi connectivity index (χ2v) is 11.8. The fourth-order valence-corrected chi connectivity index (χ4v) is 7.78. The summed E-state index contributed by atoms with van der Waals surface area (Å²) in [6.45, 7) is 32.9. The van der Waals surface area contributed by atoms with Gasteiger partial charge in [-0.05, 0) is 208 Å². The van der Waals surface area contributed by atoms with E-state index >= 15 is 0 Å². The Balaban J connectivity index is 2.21. The van der Waals surface area contributed by atoms with Gasteiger partial charge < -0.3 is 0 Å². The van der Waals surface area contributed by atoms with Crippen molar-refractivity contribution in [2.45, 2.75) is 135 Å². The minimum Gasteiger partial charge on any atom is -0.0613 e. The maximum atomic E-state index is 2.38. The molecular weight excluding hydrogens is 456 g/mol. The fraction of sp³-hybridized carbons (Fsp3) is 0.526. The lowest BCUT2D eigenvalue weighted by Crippen LogP contribution is -2.12. The van der Waals surface area contributed by atoms with Crippen molar-refractivity contribution in [2.75, 3.05) is 0 Å². The van der Waals surface area contributed by atoms with Crippen LogP contribution in [0.25, 0.3) is 0 Å². The van der Waals surface area contributed by atoms with E-state index in [2.05, 4.69) is 96.9 Å². The zero-order chi connectivity index (χ0) is 28.6. The van der Waals surface area contributed by atoms with Gasteiger partial charge >= 0.3 is 0 Å². The third-order valence-electron chi connectivity index (χ3n) is 10.5. The monoisotopic (exact) mass is 510 g/mol. The molecule has 0 aliphatic carbocycles. The van der Waals surface area contributed by atoms with Gasteiger partial charge in [0, 0.05) is 0 Å². The molecule has 0 saturated heterocycles. The van der Waals surface area contributed by atoms with Crippen molar-refractivity contribution in [1.82, 2.24) is 0 Å². The van der Waals surface area contributed by atoms with Crippen LogP contribution in [-0.2, 0) is 38.5 Å². The molecule has 3 rings (SSSR count). The molecule has 3 aromatic carbocycles. The Morgan fingerprint density at radius 2 is 0.395 bits per heavy atom. The van der Waals surface area contributed by atoms with E-state index in [0.717, 1.165) is 38.5 Å². The maximum Gasteiger partial charge on any atom is -0.00149 e. The summed E-state index contributed by atoms with van der Waals surface area (Å²) in [5, 5.41) is 0. The third-order valence-corrected chi connectivity index (χ3v) is 10.5. The highest BCUT2D eigenvalue weighted by atomic mass is 14.3. The first-order chi connectivity index (χ1) is 17.9. The summed E-state index contributed by atoms with van der Waals surface area (Å²) >= 11 is 0. The first-order valence-corrected chi connectivity index (χ1v) is 15.2. The fourth-order valence-electron chi connectivity index (χ4n) is 7.78. The zero-order valence-corrected chi connectivity index (χ0v) is 27.2. The van der Waals surface area contributed by atoms with E-state index in [1.807, 2.05) is 0 Å². The summed E-state index contributed by atoms with van der Waals surface area (Å²) in [5.74, 6) is 0. The zero-order valence-electron chi connectivity index (χ0n) is 27.2. The SMILES string of the molecule is CCc1c(C)c(CC)c(C)c(Cc2c(C)c(C)c(Cc3c(C)c(CC)c(C)c(CC)c3C)c(C)c2C)c1C. The Morgan fingerprint density at radius 1 is 0.237 bits per heavy atom. The van der Waals surface area contributed by atoms with Gasteiger partial charge in [-0.15, -0.1) is 0 Å². The second kappa shape index (κ2) is 11.8. The van der Waals surface area contributed by atoms with Crippen LogP contribution in [0.15, 0.2) is 0 Å². The van der Waals surface area contributed by atoms with Crippen molar-refractivity contribution in [2.24, 2.45) is 0 Å². The van der Waals surface area contributed by atoms with E-state index in [9.17, 15) is 0 Å². The van der Waals surface area contributed by atoms with Crippen LogP contribution in [0.1, 0.15) is 128 Å². The van der Waals surface area contributed by atoms with Crippen molar-refractivity contribution in [3.63, 3.8) is 0 Å². The molecule has 0 radical (unpaired) electrons. The maximum absolute atomic E-state index is 2.38.